The van der Waals surface area contributed by atoms with Crippen LogP contribution in [-0.2, 0) is 4.79 Å². The summed E-state index contributed by atoms with van der Waals surface area (Å²) in [7, 11) is 0. The van der Waals surface area contributed by atoms with Crippen molar-refractivity contribution in [2.75, 3.05) is 18.0 Å². The molecule has 0 radical (unpaired) electrons. The van der Waals surface area contributed by atoms with Crippen LogP contribution >= 0.6 is 0 Å². The maximum Gasteiger partial charge on any atom is 0.222 e. The number of carbonyl (C=O) groups excluding carboxylic acids is 1. The molecular weight excluding hydrogens is 228 g/mol. The Balaban J connectivity index is 1.89. The molecule has 5 nitrogen and oxygen atoms in total. The first-order valence-electron chi connectivity index (χ1n) is 5.99. The van der Waals surface area contributed by atoms with Gasteiger partial charge in [0.1, 0.15) is 0 Å². The van der Waals surface area contributed by atoms with E-state index >= 15 is 0 Å². The van der Waals surface area contributed by atoms with Gasteiger partial charge in [0.25, 0.3) is 0 Å². The third-order valence-electron chi connectivity index (χ3n) is 3.39. The van der Waals surface area contributed by atoms with Crippen molar-refractivity contribution < 1.29 is 4.79 Å². The highest BCUT2D eigenvalue weighted by Gasteiger charge is 2.26. The van der Waals surface area contributed by atoms with Crippen LogP contribution < -0.4 is 10.6 Å². The smallest absolute Gasteiger partial charge is 0.222 e. The number of hydrogen-bond acceptors (Lipinski definition) is 4. The summed E-state index contributed by atoms with van der Waals surface area (Å²) in [6.07, 6.45) is 4.40. The van der Waals surface area contributed by atoms with Gasteiger partial charge in [0.15, 0.2) is 0 Å². The third kappa shape index (κ3) is 1.88. The summed E-state index contributed by atoms with van der Waals surface area (Å²) in [6, 6.07) is 5.81. The van der Waals surface area contributed by atoms with E-state index in [2.05, 4.69) is 14.9 Å². The van der Waals surface area contributed by atoms with Crippen LogP contribution in [0.15, 0.2) is 30.6 Å². The number of anilines is 1. The average Bonchev–Trinajstić information content (AvgIpc) is 2.88. The zero-order chi connectivity index (χ0) is 12.5. The maximum atomic E-state index is 11.2. The molecule has 3 heterocycles. The predicted molar refractivity (Wildman–Crippen MR) is 69.1 cm³/mol. The van der Waals surface area contributed by atoms with E-state index in [0.717, 1.165) is 29.7 Å². The van der Waals surface area contributed by atoms with E-state index < -0.39 is 0 Å². The summed E-state index contributed by atoms with van der Waals surface area (Å²) in [6.45, 7) is 1.52. The van der Waals surface area contributed by atoms with Gasteiger partial charge in [-0.3, -0.25) is 14.8 Å². The summed E-state index contributed by atoms with van der Waals surface area (Å²) in [5, 5.41) is 0. The second kappa shape index (κ2) is 4.25. The van der Waals surface area contributed by atoms with Gasteiger partial charge < -0.3 is 10.6 Å². The molecule has 1 fully saturated rings. The summed E-state index contributed by atoms with van der Waals surface area (Å²) < 4.78 is 0. The van der Waals surface area contributed by atoms with Crippen molar-refractivity contribution in [2.24, 2.45) is 11.7 Å². The Bertz CT molecular complexity index is 598. The Morgan fingerprint density at radius 2 is 2.28 bits per heavy atom. The zero-order valence-corrected chi connectivity index (χ0v) is 9.91. The van der Waals surface area contributed by atoms with Crippen molar-refractivity contribution in [3.63, 3.8) is 0 Å². The standard InChI is InChI=1S/C13H14N4O/c14-13(18)9-3-5-17(8-9)10-6-12-11(16-7-10)2-1-4-15-12/h1-2,4,6-7,9H,3,5,8H2,(H2,14,18). The van der Waals surface area contributed by atoms with Gasteiger partial charge in [-0.05, 0) is 24.6 Å². The molecule has 2 aromatic rings. The highest BCUT2D eigenvalue weighted by Crippen LogP contribution is 2.24. The first kappa shape index (κ1) is 11.0. The fourth-order valence-corrected chi connectivity index (χ4v) is 2.34. The molecule has 0 bridgehead atoms. The van der Waals surface area contributed by atoms with Gasteiger partial charge in [-0.25, -0.2) is 0 Å². The number of pyridine rings is 2. The van der Waals surface area contributed by atoms with Crippen LogP contribution in [0, 0.1) is 5.92 Å². The Hall–Kier alpha value is -2.17. The van der Waals surface area contributed by atoms with Gasteiger partial charge in [0.05, 0.1) is 28.8 Å². The number of nitrogens with zero attached hydrogens (tertiary/aromatic N) is 3. The third-order valence-corrected chi connectivity index (χ3v) is 3.39. The second-order valence-electron chi connectivity index (χ2n) is 4.57. The van der Waals surface area contributed by atoms with Gasteiger partial charge in [0.2, 0.25) is 5.91 Å². The SMILES string of the molecule is NC(=O)C1CCN(c2cnc3cccnc3c2)C1. The first-order chi connectivity index (χ1) is 8.74. The molecule has 1 atom stereocenters. The van der Waals surface area contributed by atoms with Crippen molar-refractivity contribution in [3.05, 3.63) is 30.6 Å². The van der Waals surface area contributed by atoms with Crippen LogP contribution in [0.4, 0.5) is 5.69 Å². The normalized spacial score (nSPS) is 19.3. The molecule has 2 aromatic heterocycles. The molecule has 5 heteroatoms. The number of fused-ring (bicyclic) bond motifs is 1. The summed E-state index contributed by atoms with van der Waals surface area (Å²) in [5.41, 5.74) is 8.09. The summed E-state index contributed by atoms with van der Waals surface area (Å²) in [5.74, 6) is -0.270. The number of rotatable bonds is 2. The Kier molecular flexibility index (Phi) is 2.59. The molecule has 0 aromatic carbocycles. The Labute approximate surface area is 105 Å². The van der Waals surface area contributed by atoms with E-state index in [1.54, 1.807) is 6.20 Å². The average molecular weight is 242 g/mol. The molecule has 0 saturated carbocycles. The minimum atomic E-state index is -0.218. The molecule has 1 amide bonds. The second-order valence-corrected chi connectivity index (χ2v) is 4.57. The van der Waals surface area contributed by atoms with E-state index in [9.17, 15) is 4.79 Å². The highest BCUT2D eigenvalue weighted by atomic mass is 16.1. The minimum Gasteiger partial charge on any atom is -0.369 e. The minimum absolute atomic E-state index is 0.0515. The van der Waals surface area contributed by atoms with Crippen molar-refractivity contribution in [1.29, 1.82) is 0 Å². The fourth-order valence-electron chi connectivity index (χ4n) is 2.34. The lowest BCUT2D eigenvalue weighted by atomic mass is 10.1. The molecular formula is C13H14N4O. The van der Waals surface area contributed by atoms with E-state index in [4.69, 9.17) is 5.73 Å². The van der Waals surface area contributed by atoms with Gasteiger partial charge in [-0.2, -0.15) is 0 Å². The maximum absolute atomic E-state index is 11.2. The van der Waals surface area contributed by atoms with Gasteiger partial charge in [0, 0.05) is 19.3 Å². The van der Waals surface area contributed by atoms with Crippen LogP contribution in [0.3, 0.4) is 0 Å². The van der Waals surface area contributed by atoms with E-state index in [0.29, 0.717) is 6.54 Å². The molecule has 2 N–H and O–H groups in total. The Morgan fingerprint density at radius 1 is 1.39 bits per heavy atom. The van der Waals surface area contributed by atoms with E-state index in [1.807, 2.05) is 24.4 Å². The van der Waals surface area contributed by atoms with Gasteiger partial charge >= 0.3 is 0 Å². The lowest BCUT2D eigenvalue weighted by Gasteiger charge is -2.17. The fraction of sp³-hybridized carbons (Fsp3) is 0.308. The zero-order valence-electron chi connectivity index (χ0n) is 9.91. The molecule has 0 aliphatic carbocycles. The highest BCUT2D eigenvalue weighted by molar-refractivity contribution is 5.80. The lowest BCUT2D eigenvalue weighted by molar-refractivity contribution is -0.121. The number of aromatic nitrogens is 2. The number of nitrogens with two attached hydrogens (primary N) is 1. The number of hydrogen-bond donors (Lipinski definition) is 1. The number of primary amides is 1. The topological polar surface area (TPSA) is 72.1 Å². The quantitative estimate of drug-likeness (QED) is 0.850. The molecule has 18 heavy (non-hydrogen) atoms. The number of carbonyl (C=O) groups is 1. The van der Waals surface area contributed by atoms with Gasteiger partial charge in [-0.1, -0.05) is 0 Å². The van der Waals surface area contributed by atoms with Crippen LogP contribution in [0.1, 0.15) is 6.42 Å². The van der Waals surface area contributed by atoms with Crippen molar-refractivity contribution >= 4 is 22.6 Å². The summed E-state index contributed by atoms with van der Waals surface area (Å²) in [4.78, 5) is 22.0. The van der Waals surface area contributed by atoms with E-state index in [-0.39, 0.29) is 11.8 Å². The molecule has 92 valence electrons. The van der Waals surface area contributed by atoms with Crippen molar-refractivity contribution in [2.45, 2.75) is 6.42 Å². The van der Waals surface area contributed by atoms with E-state index in [1.165, 1.54) is 0 Å². The molecule has 1 unspecified atom stereocenters. The largest absolute Gasteiger partial charge is 0.369 e. The first-order valence-corrected chi connectivity index (χ1v) is 5.99. The van der Waals surface area contributed by atoms with Crippen LogP contribution in [-0.4, -0.2) is 29.0 Å². The summed E-state index contributed by atoms with van der Waals surface area (Å²) >= 11 is 0. The molecule has 1 saturated heterocycles. The molecule has 3 rings (SSSR count). The van der Waals surface area contributed by atoms with Gasteiger partial charge in [-0.15, -0.1) is 0 Å². The number of amides is 1. The van der Waals surface area contributed by atoms with Crippen LogP contribution in [0.5, 0.6) is 0 Å². The van der Waals surface area contributed by atoms with Crippen LogP contribution in [0.2, 0.25) is 0 Å². The van der Waals surface area contributed by atoms with Crippen molar-refractivity contribution in [3.8, 4) is 0 Å². The lowest BCUT2D eigenvalue weighted by Crippen LogP contribution is -2.27. The molecule has 0 spiro atoms. The van der Waals surface area contributed by atoms with Crippen LogP contribution in [0.25, 0.3) is 11.0 Å². The molecule has 1 aliphatic rings. The monoisotopic (exact) mass is 242 g/mol. The predicted octanol–water partition coefficient (Wildman–Crippen LogP) is 0.941. The molecule has 1 aliphatic heterocycles. The Morgan fingerprint density at radius 3 is 3.06 bits per heavy atom. The van der Waals surface area contributed by atoms with Crippen molar-refractivity contribution in [1.82, 2.24) is 9.97 Å².